The van der Waals surface area contributed by atoms with E-state index in [1.165, 1.54) is 0 Å². The zero-order chi connectivity index (χ0) is 24.3. The molecule has 1 saturated heterocycles. The molecule has 1 aliphatic heterocycles. The lowest BCUT2D eigenvalue weighted by Crippen LogP contribution is -2.65. The molecule has 0 unspecified atom stereocenters. The van der Waals surface area contributed by atoms with Gasteiger partial charge in [0.2, 0.25) is 11.8 Å². The highest BCUT2D eigenvalue weighted by Crippen LogP contribution is 2.33. The van der Waals surface area contributed by atoms with Crippen LogP contribution >= 0.6 is 11.3 Å². The zero-order valence-corrected chi connectivity index (χ0v) is 21.2. The fraction of sp³-hybridized carbons (Fsp3) is 0.538. The van der Waals surface area contributed by atoms with Crippen LogP contribution in [0.1, 0.15) is 50.3 Å². The largest absolute Gasteiger partial charge is 0.351 e. The van der Waals surface area contributed by atoms with Crippen LogP contribution in [0.4, 0.5) is 0 Å². The molecule has 35 heavy (non-hydrogen) atoms. The Morgan fingerprint density at radius 2 is 1.91 bits per heavy atom. The molecule has 1 aliphatic carbocycles. The summed E-state index contributed by atoms with van der Waals surface area (Å²) in [5, 5.41) is 13.8. The van der Waals surface area contributed by atoms with Crippen LogP contribution in [0.25, 0.3) is 11.0 Å². The summed E-state index contributed by atoms with van der Waals surface area (Å²) in [6, 6.07) is 11.9. The van der Waals surface area contributed by atoms with Crippen molar-refractivity contribution in [1.82, 2.24) is 30.1 Å². The number of carbonyl (C=O) groups is 2. The lowest BCUT2D eigenvalue weighted by Gasteiger charge is -2.47. The maximum absolute atomic E-state index is 14.0. The number of hydrogen-bond donors (Lipinski definition) is 1. The van der Waals surface area contributed by atoms with Crippen LogP contribution in [0.2, 0.25) is 0 Å². The summed E-state index contributed by atoms with van der Waals surface area (Å²) >= 11 is 1.62. The number of thiophene rings is 1. The molecule has 3 heterocycles. The summed E-state index contributed by atoms with van der Waals surface area (Å²) < 4.78 is 1.66. The number of hydrogen-bond acceptors (Lipinski definition) is 6. The van der Waals surface area contributed by atoms with Crippen LogP contribution in [0.5, 0.6) is 0 Å². The van der Waals surface area contributed by atoms with Crippen LogP contribution < -0.4 is 5.32 Å². The molecule has 1 aromatic carbocycles. The number of carbonyl (C=O) groups excluding carboxylic acids is 2. The molecular formula is C26H34N6O2S. The lowest BCUT2D eigenvalue weighted by atomic mass is 9.83. The third-order valence-corrected chi connectivity index (χ3v) is 8.52. The number of nitrogens with one attached hydrogen (secondary N) is 1. The third kappa shape index (κ3) is 4.97. The Morgan fingerprint density at radius 3 is 2.63 bits per heavy atom. The van der Waals surface area contributed by atoms with Gasteiger partial charge in [-0.2, -0.15) is 0 Å². The van der Waals surface area contributed by atoms with Gasteiger partial charge < -0.3 is 15.1 Å². The van der Waals surface area contributed by atoms with Gasteiger partial charge >= 0.3 is 0 Å². The van der Waals surface area contributed by atoms with Gasteiger partial charge in [0.05, 0.1) is 12.1 Å². The summed E-state index contributed by atoms with van der Waals surface area (Å²) in [6.45, 7) is 5.18. The Hall–Kier alpha value is -2.78. The first-order valence-electron chi connectivity index (χ1n) is 12.7. The first-order chi connectivity index (χ1) is 17.1. The number of para-hydroxylation sites is 1. The number of nitrogens with zero attached hydrogens (tertiary/aromatic N) is 5. The van der Waals surface area contributed by atoms with Crippen LogP contribution in [0, 0.1) is 0 Å². The second-order valence-electron chi connectivity index (χ2n) is 9.72. The predicted octanol–water partition coefficient (Wildman–Crippen LogP) is 3.43. The fourth-order valence-electron chi connectivity index (χ4n) is 5.53. The van der Waals surface area contributed by atoms with E-state index in [0.29, 0.717) is 19.4 Å². The quantitative estimate of drug-likeness (QED) is 0.519. The van der Waals surface area contributed by atoms with Gasteiger partial charge in [0.15, 0.2) is 0 Å². The van der Waals surface area contributed by atoms with Crippen LogP contribution in [-0.2, 0) is 22.7 Å². The van der Waals surface area contributed by atoms with Crippen molar-refractivity contribution >= 4 is 34.2 Å². The summed E-state index contributed by atoms with van der Waals surface area (Å²) in [5.41, 5.74) is 0.711. The minimum atomic E-state index is -0.869. The van der Waals surface area contributed by atoms with Crippen molar-refractivity contribution in [2.24, 2.45) is 0 Å². The van der Waals surface area contributed by atoms with Crippen LogP contribution in [0.15, 0.2) is 41.8 Å². The molecule has 0 radical (unpaired) electrons. The van der Waals surface area contributed by atoms with E-state index in [9.17, 15) is 9.59 Å². The molecule has 0 spiro atoms. The molecule has 8 nitrogen and oxygen atoms in total. The van der Waals surface area contributed by atoms with Crippen LogP contribution in [0.3, 0.4) is 0 Å². The maximum atomic E-state index is 14.0. The Labute approximate surface area is 210 Å². The summed E-state index contributed by atoms with van der Waals surface area (Å²) in [5.74, 6) is -0.0888. The normalized spacial score (nSPS) is 18.7. The van der Waals surface area contributed by atoms with Gasteiger partial charge in [0.1, 0.15) is 17.6 Å². The predicted molar refractivity (Wildman–Crippen MR) is 137 cm³/mol. The average Bonchev–Trinajstić information content (AvgIpc) is 3.66. The topological polar surface area (TPSA) is 83.4 Å². The van der Waals surface area contributed by atoms with Crippen LogP contribution in [-0.4, -0.2) is 67.8 Å². The zero-order valence-electron chi connectivity index (χ0n) is 20.4. The highest BCUT2D eigenvalue weighted by Gasteiger charge is 2.48. The number of amides is 2. The highest BCUT2D eigenvalue weighted by molar-refractivity contribution is 7.09. The van der Waals surface area contributed by atoms with E-state index < -0.39 is 5.54 Å². The molecule has 2 fully saturated rings. The Balaban J connectivity index is 1.48. The van der Waals surface area contributed by atoms with Gasteiger partial charge in [-0.1, -0.05) is 43.2 Å². The summed E-state index contributed by atoms with van der Waals surface area (Å²) in [4.78, 5) is 33.3. The van der Waals surface area contributed by atoms with Crippen molar-refractivity contribution in [1.29, 1.82) is 0 Å². The molecule has 3 aromatic rings. The van der Waals surface area contributed by atoms with Gasteiger partial charge in [0.25, 0.3) is 0 Å². The number of rotatable bonds is 8. The second kappa shape index (κ2) is 10.5. The molecule has 0 bridgehead atoms. The first kappa shape index (κ1) is 23.9. The van der Waals surface area contributed by atoms with Crippen molar-refractivity contribution < 1.29 is 9.59 Å². The van der Waals surface area contributed by atoms with Gasteiger partial charge in [0, 0.05) is 24.0 Å². The molecule has 186 valence electrons. The smallest absolute Gasteiger partial charge is 0.246 e. The Kier molecular flexibility index (Phi) is 7.15. The van der Waals surface area contributed by atoms with E-state index in [1.807, 2.05) is 46.7 Å². The van der Waals surface area contributed by atoms with E-state index >= 15 is 0 Å². The molecule has 1 saturated carbocycles. The molecular weight excluding hydrogens is 460 g/mol. The van der Waals surface area contributed by atoms with E-state index in [2.05, 4.69) is 27.5 Å². The number of likely N-dealkylation sites (tertiary alicyclic amines) is 1. The van der Waals surface area contributed by atoms with Crippen molar-refractivity contribution in [3.05, 3.63) is 46.7 Å². The number of aromatic nitrogens is 3. The lowest BCUT2D eigenvalue weighted by molar-refractivity contribution is -0.153. The number of fused-ring (bicyclic) bond motifs is 1. The molecule has 2 aromatic heterocycles. The average molecular weight is 495 g/mol. The second-order valence-corrected chi connectivity index (χ2v) is 10.7. The minimum Gasteiger partial charge on any atom is -0.351 e. The monoisotopic (exact) mass is 494 g/mol. The Morgan fingerprint density at radius 1 is 1.14 bits per heavy atom. The molecule has 2 aliphatic rings. The van der Waals surface area contributed by atoms with E-state index in [0.717, 1.165) is 61.2 Å². The van der Waals surface area contributed by atoms with E-state index in [4.69, 9.17) is 0 Å². The maximum Gasteiger partial charge on any atom is 0.246 e. The van der Waals surface area contributed by atoms with E-state index in [1.54, 1.807) is 16.0 Å². The standard InChI is InChI=1S/C26H34N6O2S/c1-2-30-15-13-26(14-16-30,25(34)27-20-8-3-4-9-20)31(18-21-10-7-17-35-21)24(33)19-32-23-12-6-5-11-22(23)28-29-32/h5-7,10-12,17,20H,2-4,8-9,13-16,18-19H2,1H3,(H,27,34). The minimum absolute atomic E-state index is 0.00788. The van der Waals surface area contributed by atoms with Gasteiger partial charge in [-0.25, -0.2) is 4.68 Å². The molecule has 5 rings (SSSR count). The van der Waals surface area contributed by atoms with Crippen molar-refractivity contribution in [2.45, 2.75) is 70.1 Å². The summed E-state index contributed by atoms with van der Waals surface area (Å²) in [6.07, 6.45) is 5.61. The SMILES string of the molecule is CCN1CCC(C(=O)NC2CCCC2)(N(Cc2cccs2)C(=O)Cn2nnc3ccccc32)CC1. The summed E-state index contributed by atoms with van der Waals surface area (Å²) in [7, 11) is 0. The number of piperidine rings is 1. The van der Waals surface area contributed by atoms with Gasteiger partial charge in [-0.05, 0) is 55.8 Å². The van der Waals surface area contributed by atoms with Gasteiger partial charge in [-0.3, -0.25) is 9.59 Å². The highest BCUT2D eigenvalue weighted by atomic mass is 32.1. The van der Waals surface area contributed by atoms with Gasteiger partial charge in [-0.15, -0.1) is 16.4 Å². The van der Waals surface area contributed by atoms with Crippen molar-refractivity contribution in [3.8, 4) is 0 Å². The van der Waals surface area contributed by atoms with Crippen molar-refractivity contribution in [2.75, 3.05) is 19.6 Å². The molecule has 2 amide bonds. The first-order valence-corrected chi connectivity index (χ1v) is 13.6. The number of benzene rings is 1. The molecule has 1 N–H and O–H groups in total. The third-order valence-electron chi connectivity index (χ3n) is 7.66. The molecule has 9 heteroatoms. The Bertz CT molecular complexity index is 1150. The molecule has 0 atom stereocenters. The van der Waals surface area contributed by atoms with Crippen molar-refractivity contribution in [3.63, 3.8) is 0 Å². The fourth-order valence-corrected chi connectivity index (χ4v) is 6.23. The van der Waals surface area contributed by atoms with E-state index in [-0.39, 0.29) is 24.4 Å².